The molecule has 1 aromatic rings. The fourth-order valence-electron chi connectivity index (χ4n) is 2.61. The molecule has 1 unspecified atom stereocenters. The van der Waals surface area contributed by atoms with Crippen LogP contribution in [0.4, 0.5) is 4.79 Å². The molecule has 0 saturated heterocycles. The number of nitrogens with two attached hydrogens (primary N) is 2. The third-order valence-corrected chi connectivity index (χ3v) is 4.22. The first-order valence-electron chi connectivity index (χ1n) is 9.57. The van der Waals surface area contributed by atoms with Gasteiger partial charge in [-0.05, 0) is 12.0 Å². The molecule has 0 aromatic heterocycles. The molecule has 0 spiro atoms. The number of guanidine groups is 1. The first-order chi connectivity index (χ1) is 14.8. The fraction of sp³-hybridized carbons (Fsp3) is 0.421. The third-order valence-electron chi connectivity index (χ3n) is 4.22. The number of rotatable bonds is 11. The average molecular weight is 434 g/mol. The summed E-state index contributed by atoms with van der Waals surface area (Å²) >= 11 is 0. The van der Waals surface area contributed by atoms with Gasteiger partial charge in [-0.3, -0.25) is 4.79 Å². The largest absolute Gasteiger partial charge is 0.480 e. The van der Waals surface area contributed by atoms with E-state index in [1.165, 1.54) is 0 Å². The van der Waals surface area contributed by atoms with Gasteiger partial charge >= 0.3 is 12.1 Å². The third kappa shape index (κ3) is 9.02. The molecule has 1 heterocycles. The van der Waals surface area contributed by atoms with Crippen LogP contribution in [0.25, 0.3) is 0 Å². The number of hydrogen-bond donors (Lipinski definition) is 5. The van der Waals surface area contributed by atoms with E-state index in [-0.39, 0.29) is 44.1 Å². The molecular weight excluding hydrogens is 408 g/mol. The van der Waals surface area contributed by atoms with Crippen LogP contribution in [-0.4, -0.2) is 60.0 Å². The van der Waals surface area contributed by atoms with Crippen molar-refractivity contribution in [1.82, 2.24) is 10.6 Å². The maximum Gasteiger partial charge on any atom is 0.408 e. The molecule has 2 amide bonds. The van der Waals surface area contributed by atoms with Crippen molar-refractivity contribution in [3.63, 3.8) is 0 Å². The smallest absolute Gasteiger partial charge is 0.408 e. The summed E-state index contributed by atoms with van der Waals surface area (Å²) in [7, 11) is 0. The SMILES string of the molecule is NC(N)=NCC1CC(CCC(=O)NC[C@H](NC(=O)OCc2ccccc2)C(=O)O)=NO1. The zero-order chi connectivity index (χ0) is 22.6. The minimum Gasteiger partial charge on any atom is -0.480 e. The lowest BCUT2D eigenvalue weighted by Crippen LogP contribution is -2.48. The number of alkyl carbamates (subject to hydrolysis) is 1. The molecule has 0 fully saturated rings. The van der Waals surface area contributed by atoms with Crippen LogP contribution >= 0.6 is 0 Å². The van der Waals surface area contributed by atoms with Crippen molar-refractivity contribution in [2.75, 3.05) is 13.1 Å². The summed E-state index contributed by atoms with van der Waals surface area (Å²) in [5.74, 6) is -1.73. The van der Waals surface area contributed by atoms with Gasteiger partial charge in [-0.25, -0.2) is 14.6 Å². The molecule has 0 aliphatic carbocycles. The monoisotopic (exact) mass is 434 g/mol. The Morgan fingerprint density at radius 3 is 2.71 bits per heavy atom. The summed E-state index contributed by atoms with van der Waals surface area (Å²) in [4.78, 5) is 44.2. The number of carboxylic acid groups (broad SMARTS) is 1. The van der Waals surface area contributed by atoms with Gasteiger partial charge in [0, 0.05) is 19.4 Å². The molecule has 1 aliphatic rings. The molecule has 2 rings (SSSR count). The van der Waals surface area contributed by atoms with Gasteiger partial charge in [-0.2, -0.15) is 0 Å². The Bertz CT molecular complexity index is 824. The van der Waals surface area contributed by atoms with E-state index in [0.717, 1.165) is 5.56 Å². The van der Waals surface area contributed by atoms with Crippen molar-refractivity contribution in [2.24, 2.45) is 21.6 Å². The van der Waals surface area contributed by atoms with Crippen LogP contribution in [0.3, 0.4) is 0 Å². The molecule has 2 atom stereocenters. The van der Waals surface area contributed by atoms with Crippen LogP contribution in [0.15, 0.2) is 40.5 Å². The number of amides is 2. The lowest BCUT2D eigenvalue weighted by atomic mass is 10.1. The highest BCUT2D eigenvalue weighted by molar-refractivity contribution is 5.89. The van der Waals surface area contributed by atoms with Gasteiger partial charge in [0.15, 0.2) is 12.1 Å². The number of aliphatic imine (C=N–C) groups is 1. The molecule has 12 nitrogen and oxygen atoms in total. The lowest BCUT2D eigenvalue weighted by molar-refractivity contribution is -0.139. The van der Waals surface area contributed by atoms with Gasteiger partial charge in [-0.15, -0.1) is 0 Å². The van der Waals surface area contributed by atoms with Gasteiger partial charge in [0.05, 0.1) is 12.3 Å². The van der Waals surface area contributed by atoms with Crippen LogP contribution in [0.1, 0.15) is 24.8 Å². The molecule has 168 valence electrons. The molecule has 0 saturated carbocycles. The number of nitrogens with zero attached hydrogens (tertiary/aromatic N) is 2. The molecule has 1 aromatic carbocycles. The van der Waals surface area contributed by atoms with Crippen LogP contribution in [0, 0.1) is 0 Å². The highest BCUT2D eigenvalue weighted by atomic mass is 16.6. The summed E-state index contributed by atoms with van der Waals surface area (Å²) in [5, 5.41) is 17.8. The predicted molar refractivity (Wildman–Crippen MR) is 111 cm³/mol. The second-order valence-corrected chi connectivity index (χ2v) is 6.76. The van der Waals surface area contributed by atoms with Gasteiger partial charge in [0.1, 0.15) is 12.6 Å². The maximum atomic E-state index is 12.0. The number of nitrogens with one attached hydrogen (secondary N) is 2. The van der Waals surface area contributed by atoms with Crippen molar-refractivity contribution in [2.45, 2.75) is 38.0 Å². The Balaban J connectivity index is 1.67. The van der Waals surface area contributed by atoms with Crippen molar-refractivity contribution >= 4 is 29.6 Å². The normalized spacial score (nSPS) is 15.7. The van der Waals surface area contributed by atoms with Crippen molar-refractivity contribution in [3.8, 4) is 0 Å². The number of carboxylic acids is 1. The molecular formula is C19H26N6O6. The first kappa shape index (κ1) is 23.4. The quantitative estimate of drug-likeness (QED) is 0.231. The van der Waals surface area contributed by atoms with E-state index in [9.17, 15) is 19.5 Å². The topological polar surface area (TPSA) is 191 Å². The fourth-order valence-corrected chi connectivity index (χ4v) is 2.61. The standard InChI is InChI=1S/C19H26N6O6/c20-18(21)23-9-14-8-13(25-31-14)6-7-16(26)22-10-15(17(27)28)24-19(29)30-11-12-4-2-1-3-5-12/h1-5,14-15H,6-11H2,(H,22,26)(H,24,29)(H,27,28)(H4,20,21,23)/t14?,15-/m0/s1. The zero-order valence-corrected chi connectivity index (χ0v) is 16.8. The number of hydrogen-bond acceptors (Lipinski definition) is 7. The number of aliphatic carboxylic acids is 1. The van der Waals surface area contributed by atoms with E-state index in [4.69, 9.17) is 21.0 Å². The van der Waals surface area contributed by atoms with Crippen molar-refractivity contribution < 1.29 is 29.1 Å². The molecule has 0 bridgehead atoms. The highest BCUT2D eigenvalue weighted by Gasteiger charge is 2.23. The number of benzene rings is 1. The number of oxime groups is 1. The van der Waals surface area contributed by atoms with E-state index < -0.39 is 18.1 Å². The van der Waals surface area contributed by atoms with Gasteiger partial charge in [0.2, 0.25) is 5.91 Å². The van der Waals surface area contributed by atoms with Gasteiger partial charge in [0.25, 0.3) is 0 Å². The van der Waals surface area contributed by atoms with Crippen LogP contribution in [-0.2, 0) is 25.8 Å². The molecule has 0 radical (unpaired) electrons. The number of carbonyl (C=O) groups excluding carboxylic acids is 2. The Labute approximate surface area is 178 Å². The number of carbonyl (C=O) groups is 3. The Morgan fingerprint density at radius 2 is 2.03 bits per heavy atom. The highest BCUT2D eigenvalue weighted by Crippen LogP contribution is 2.14. The minimum absolute atomic E-state index is 0.000265. The lowest BCUT2D eigenvalue weighted by Gasteiger charge is -2.15. The van der Waals surface area contributed by atoms with Crippen molar-refractivity contribution in [1.29, 1.82) is 0 Å². The Kier molecular flexibility index (Phi) is 9.08. The molecule has 31 heavy (non-hydrogen) atoms. The number of ether oxygens (including phenoxy) is 1. The van der Waals surface area contributed by atoms with Crippen LogP contribution < -0.4 is 22.1 Å². The zero-order valence-electron chi connectivity index (χ0n) is 16.8. The molecule has 7 N–H and O–H groups in total. The second-order valence-electron chi connectivity index (χ2n) is 6.76. The first-order valence-corrected chi connectivity index (χ1v) is 9.57. The van der Waals surface area contributed by atoms with Gasteiger partial charge in [-0.1, -0.05) is 35.5 Å². The van der Waals surface area contributed by atoms with E-state index in [1.54, 1.807) is 24.3 Å². The summed E-state index contributed by atoms with van der Waals surface area (Å²) in [6.07, 6.45) is -0.245. The molecule has 12 heteroatoms. The minimum atomic E-state index is -1.33. The predicted octanol–water partition coefficient (Wildman–Crippen LogP) is -0.319. The second kappa shape index (κ2) is 12.0. The summed E-state index contributed by atoms with van der Waals surface area (Å²) < 4.78 is 4.99. The van der Waals surface area contributed by atoms with Crippen molar-refractivity contribution in [3.05, 3.63) is 35.9 Å². The van der Waals surface area contributed by atoms with Crippen LogP contribution in [0.2, 0.25) is 0 Å². The summed E-state index contributed by atoms with van der Waals surface area (Å²) in [5.41, 5.74) is 12.0. The average Bonchev–Trinajstić information content (AvgIpc) is 3.20. The van der Waals surface area contributed by atoms with Crippen LogP contribution in [0.5, 0.6) is 0 Å². The van der Waals surface area contributed by atoms with E-state index in [1.807, 2.05) is 6.07 Å². The van der Waals surface area contributed by atoms with E-state index in [2.05, 4.69) is 20.8 Å². The maximum absolute atomic E-state index is 12.0. The van der Waals surface area contributed by atoms with E-state index in [0.29, 0.717) is 18.6 Å². The summed E-state index contributed by atoms with van der Waals surface area (Å²) in [6.45, 7) is -0.0156. The van der Waals surface area contributed by atoms with Gasteiger partial charge < -0.3 is 36.8 Å². The van der Waals surface area contributed by atoms with E-state index >= 15 is 0 Å². The Hall–Kier alpha value is -3.83. The Morgan fingerprint density at radius 1 is 1.29 bits per heavy atom. The molecule has 1 aliphatic heterocycles. The summed E-state index contributed by atoms with van der Waals surface area (Å²) in [6, 6.07) is 7.61.